The Morgan fingerprint density at radius 3 is 0.564 bits per heavy atom. The van der Waals surface area contributed by atoms with Crippen LogP contribution in [0.1, 0.15) is 33.4 Å². The van der Waals surface area contributed by atoms with E-state index < -0.39 is 24.9 Å². The number of anilines is 3. The summed E-state index contributed by atoms with van der Waals surface area (Å²) in [5.74, 6) is 0. The molecule has 0 saturated heterocycles. The second kappa shape index (κ2) is 28.5. The number of hydrogen-bond acceptors (Lipinski definition) is 1. The zero-order valence-electron chi connectivity index (χ0n) is 52.4. The maximum atomic E-state index is 2.36. The zero-order chi connectivity index (χ0) is 63.2. The fourth-order valence-corrected chi connectivity index (χ4v) is 26.1. The quantitative estimate of drug-likeness (QED) is 0.0418. The van der Waals surface area contributed by atoms with E-state index >= 15 is 0 Å². The Bertz CT molecular complexity index is 4320. The highest BCUT2D eigenvalue weighted by Crippen LogP contribution is 2.35. The molecule has 14 aromatic carbocycles. The fourth-order valence-electron chi connectivity index (χ4n) is 13.7. The summed E-state index contributed by atoms with van der Waals surface area (Å²) in [5, 5.41) is 15.2. The Morgan fingerprint density at radius 2 is 0.340 bits per heavy atom. The smallest absolute Gasteiger partial charge is 0.179 e. The molecule has 0 aliphatic carbocycles. The SMILES string of the molecule is C(=Cc1ccc([SiH](c2ccccc2)c2ccccc2)cc1)c1ccc(N(c2ccc(C=Cc3ccc([Si](c4ccccc4)(c4ccccc4)c4ccccc4)cc3)cc2)c2ccc(C=Cc3ccc([Si](c4ccccc4)(c4ccccc4)c4ccccc4)cc3)cc2)cc1. The van der Waals surface area contributed by atoms with Gasteiger partial charge in [-0.2, -0.15) is 0 Å². The molecule has 0 bridgehead atoms. The van der Waals surface area contributed by atoms with Gasteiger partial charge < -0.3 is 4.90 Å². The van der Waals surface area contributed by atoms with Gasteiger partial charge in [-0.1, -0.05) is 404 Å². The van der Waals surface area contributed by atoms with Crippen LogP contribution in [-0.4, -0.2) is 24.9 Å². The average molecular weight is 1250 g/mol. The van der Waals surface area contributed by atoms with E-state index in [-0.39, 0.29) is 0 Å². The Hall–Kier alpha value is -11.2. The van der Waals surface area contributed by atoms with Crippen molar-refractivity contribution in [3.63, 3.8) is 0 Å². The lowest BCUT2D eigenvalue weighted by molar-refractivity contribution is 1.28. The Kier molecular flexibility index (Phi) is 18.3. The van der Waals surface area contributed by atoms with E-state index in [1.807, 2.05) is 0 Å². The number of nitrogens with zero attached hydrogens (tertiary/aromatic N) is 1. The van der Waals surface area contributed by atoms with Crippen molar-refractivity contribution in [1.29, 1.82) is 0 Å². The molecule has 0 heterocycles. The van der Waals surface area contributed by atoms with Crippen LogP contribution in [0.15, 0.2) is 388 Å². The Labute approximate surface area is 558 Å². The number of rotatable bonds is 20. The van der Waals surface area contributed by atoms with Crippen molar-refractivity contribution in [3.8, 4) is 0 Å². The molecule has 0 amide bonds. The van der Waals surface area contributed by atoms with Crippen LogP contribution in [0.2, 0.25) is 0 Å². The molecule has 0 spiro atoms. The first-order chi connectivity index (χ1) is 46.6. The molecule has 0 aliphatic heterocycles. The molecule has 0 aliphatic rings. The summed E-state index contributed by atoms with van der Waals surface area (Å²) in [7, 11) is -6.85. The molecule has 0 atom stereocenters. The van der Waals surface area contributed by atoms with Gasteiger partial charge >= 0.3 is 0 Å². The molecule has 0 N–H and O–H groups in total. The number of benzene rings is 14. The monoisotopic (exact) mass is 1250 g/mol. The van der Waals surface area contributed by atoms with E-state index in [2.05, 4.69) is 430 Å². The summed E-state index contributed by atoms with van der Waals surface area (Å²) in [6.45, 7) is 0. The standard InChI is InChI=1S/C90H71NSi3/c1-9-25-80(26-10-1)92(81-27-11-2-12-28-81)82-65-53-74(54-66-82)44-41-71-47-59-77(60-48-71)91(78-61-49-72(50-62-78)42-45-75-55-67-89(68-56-75)93(83-29-13-3-14-30-83,84-31-15-4-16-32-84)85-33-17-5-18-34-85)79-63-51-73(52-64-79)43-46-76-57-69-90(70-58-76)94(86-35-19-6-20-36-86,87-37-21-7-22-38-87)88-39-23-8-24-40-88/h1-70,92H. The lowest BCUT2D eigenvalue weighted by Crippen LogP contribution is -2.74. The van der Waals surface area contributed by atoms with E-state index in [4.69, 9.17) is 0 Å². The second-order valence-corrected chi connectivity index (χ2v) is 34.5. The zero-order valence-corrected chi connectivity index (χ0v) is 55.6. The van der Waals surface area contributed by atoms with Crippen molar-refractivity contribution >= 4 is 136 Å². The van der Waals surface area contributed by atoms with Crippen LogP contribution >= 0.6 is 0 Å². The molecule has 0 saturated carbocycles. The van der Waals surface area contributed by atoms with Crippen molar-refractivity contribution in [2.24, 2.45) is 0 Å². The first-order valence-electron chi connectivity index (χ1n) is 32.5. The highest BCUT2D eigenvalue weighted by atomic mass is 28.3. The minimum absolute atomic E-state index is 1.08. The molecule has 4 heteroatoms. The van der Waals surface area contributed by atoms with Gasteiger partial charge in [-0.25, -0.2) is 0 Å². The van der Waals surface area contributed by atoms with Gasteiger partial charge in [-0.3, -0.25) is 0 Å². The van der Waals surface area contributed by atoms with E-state index in [1.165, 1.54) is 62.6 Å². The van der Waals surface area contributed by atoms with Crippen molar-refractivity contribution < 1.29 is 0 Å². The van der Waals surface area contributed by atoms with Gasteiger partial charge in [0.05, 0.1) is 0 Å². The third-order valence-corrected chi connectivity index (χ3v) is 31.1. The predicted molar refractivity (Wildman–Crippen MR) is 413 cm³/mol. The van der Waals surface area contributed by atoms with Gasteiger partial charge in [0.2, 0.25) is 0 Å². The maximum absolute atomic E-state index is 2.62. The summed E-state index contributed by atoms with van der Waals surface area (Å²) >= 11 is 0. The topological polar surface area (TPSA) is 3.24 Å². The molecule has 14 aromatic rings. The van der Waals surface area contributed by atoms with Crippen LogP contribution in [0.25, 0.3) is 36.5 Å². The first kappa shape index (κ1) is 60.3. The predicted octanol–water partition coefficient (Wildman–Crippen LogP) is 14.7. The van der Waals surface area contributed by atoms with Crippen molar-refractivity contribution in [1.82, 2.24) is 0 Å². The van der Waals surface area contributed by atoms with Crippen LogP contribution < -0.4 is 62.0 Å². The molecular weight excluding hydrogens is 1180 g/mol. The second-order valence-electron chi connectivity index (χ2n) is 24.0. The van der Waals surface area contributed by atoms with E-state index in [0.717, 1.165) is 44.9 Å². The van der Waals surface area contributed by atoms with Crippen LogP contribution in [-0.2, 0) is 0 Å². The molecule has 0 fully saturated rings. The summed E-state index contributed by atoms with van der Waals surface area (Å²) in [5.41, 5.74) is 10.1. The Balaban J connectivity index is 0.742. The van der Waals surface area contributed by atoms with E-state index in [9.17, 15) is 0 Å². The van der Waals surface area contributed by atoms with E-state index in [0.29, 0.717) is 0 Å². The molecule has 1 nitrogen and oxygen atoms in total. The third-order valence-electron chi connectivity index (χ3n) is 18.3. The average Bonchev–Trinajstić information content (AvgIpc) is 0.777. The first-order valence-corrected chi connectivity index (χ1v) is 38.2. The fraction of sp³-hybridized carbons (Fsp3) is 0. The summed E-state index contributed by atoms with van der Waals surface area (Å²) < 4.78 is 0. The van der Waals surface area contributed by atoms with Crippen LogP contribution in [0.5, 0.6) is 0 Å². The van der Waals surface area contributed by atoms with Gasteiger partial charge in [-0.15, -0.1) is 0 Å². The highest BCUT2D eigenvalue weighted by molar-refractivity contribution is 7.20. The van der Waals surface area contributed by atoms with Crippen molar-refractivity contribution in [3.05, 3.63) is 422 Å². The van der Waals surface area contributed by atoms with Gasteiger partial charge in [0.25, 0.3) is 0 Å². The Morgan fingerprint density at radius 1 is 0.170 bits per heavy atom. The van der Waals surface area contributed by atoms with Gasteiger partial charge in [0.15, 0.2) is 16.1 Å². The molecule has 0 radical (unpaired) electrons. The lowest BCUT2D eigenvalue weighted by atomic mass is 10.1. The molecule has 448 valence electrons. The minimum atomic E-state index is -2.62. The summed E-state index contributed by atoms with van der Waals surface area (Å²) in [6, 6.07) is 143. The van der Waals surface area contributed by atoms with Crippen molar-refractivity contribution in [2.75, 3.05) is 4.90 Å². The van der Waals surface area contributed by atoms with Crippen LogP contribution in [0.4, 0.5) is 17.1 Å². The largest absolute Gasteiger partial charge is 0.311 e. The highest BCUT2D eigenvalue weighted by Gasteiger charge is 2.42. The van der Waals surface area contributed by atoms with Crippen molar-refractivity contribution in [2.45, 2.75) is 0 Å². The van der Waals surface area contributed by atoms with Crippen LogP contribution in [0.3, 0.4) is 0 Å². The van der Waals surface area contributed by atoms with Crippen LogP contribution in [0, 0.1) is 0 Å². The minimum Gasteiger partial charge on any atom is -0.311 e. The molecule has 0 unspecified atom stereocenters. The molecule has 14 rings (SSSR count). The van der Waals surface area contributed by atoms with E-state index in [1.54, 1.807) is 0 Å². The van der Waals surface area contributed by atoms with Gasteiger partial charge in [0.1, 0.15) is 8.80 Å². The normalized spacial score (nSPS) is 11.8. The molecular formula is C90H71NSi3. The molecule has 94 heavy (non-hydrogen) atoms. The summed E-state index contributed by atoms with van der Waals surface area (Å²) in [6.07, 6.45) is 13.4. The maximum Gasteiger partial charge on any atom is 0.179 e. The van der Waals surface area contributed by atoms with Gasteiger partial charge in [0, 0.05) is 17.1 Å². The molecule has 0 aromatic heterocycles. The van der Waals surface area contributed by atoms with Gasteiger partial charge in [-0.05, 0) is 111 Å². The third kappa shape index (κ3) is 12.9. The summed E-state index contributed by atoms with van der Waals surface area (Å²) in [4.78, 5) is 2.36. The lowest BCUT2D eigenvalue weighted by Gasteiger charge is -2.34. The number of hydrogen-bond donors (Lipinski definition) is 0.